The van der Waals surface area contributed by atoms with Gasteiger partial charge in [-0.05, 0) is 0 Å². The Morgan fingerprint density at radius 3 is 2.35 bits per heavy atom. The molecule has 17 heavy (non-hydrogen) atoms. The van der Waals surface area contributed by atoms with Crippen LogP contribution in [0.3, 0.4) is 0 Å². The molecule has 94 valence electrons. The van der Waals surface area contributed by atoms with Crippen LogP contribution >= 0.6 is 0 Å². The Balaban J connectivity index is 2.31. The van der Waals surface area contributed by atoms with Crippen molar-refractivity contribution in [2.45, 2.75) is 6.18 Å². The third-order valence-electron chi connectivity index (χ3n) is 2.29. The number of alkyl halides is 3. The van der Waals surface area contributed by atoms with E-state index < -0.39 is 17.9 Å². The lowest BCUT2D eigenvalue weighted by atomic mass is 10.4. The van der Waals surface area contributed by atoms with Crippen molar-refractivity contribution in [3.63, 3.8) is 0 Å². The molecule has 1 aromatic heterocycles. The van der Waals surface area contributed by atoms with Gasteiger partial charge in [0.2, 0.25) is 17.7 Å². The molecule has 2 rings (SSSR count). The molecule has 1 fully saturated rings. The Morgan fingerprint density at radius 2 is 1.76 bits per heavy atom. The average molecular weight is 248 g/mol. The summed E-state index contributed by atoms with van der Waals surface area (Å²) in [6.07, 6.45) is -4.61. The number of anilines is 2. The molecule has 0 aliphatic carbocycles. The number of halogens is 3. The second-order valence-corrected chi connectivity index (χ2v) is 3.55. The fraction of sp³-hybridized carbons (Fsp3) is 0.625. The minimum Gasteiger partial charge on any atom is -0.368 e. The minimum atomic E-state index is -4.61. The first-order valence-electron chi connectivity index (χ1n) is 5.01. The summed E-state index contributed by atoms with van der Waals surface area (Å²) < 4.78 is 37.4. The molecule has 1 aliphatic heterocycles. The topological polar surface area (TPSA) is 80.0 Å². The molecule has 6 nitrogen and oxygen atoms in total. The standard InChI is InChI=1S/C8H11F3N6/c9-8(10,11)5-14-6(12)16-7(15-5)17-3-1-13-2-4-17/h13H,1-4H2,(H2,12,14,15,16). The molecule has 1 aromatic rings. The zero-order chi connectivity index (χ0) is 12.5. The van der Waals surface area contributed by atoms with Crippen molar-refractivity contribution in [1.82, 2.24) is 20.3 Å². The summed E-state index contributed by atoms with van der Waals surface area (Å²) in [5, 5.41) is 3.08. The highest BCUT2D eigenvalue weighted by Gasteiger charge is 2.36. The molecule has 0 bridgehead atoms. The van der Waals surface area contributed by atoms with E-state index >= 15 is 0 Å². The van der Waals surface area contributed by atoms with Crippen LogP contribution in [-0.4, -0.2) is 41.1 Å². The smallest absolute Gasteiger partial charge is 0.368 e. The molecule has 1 saturated heterocycles. The van der Waals surface area contributed by atoms with Gasteiger partial charge in [0.25, 0.3) is 0 Å². The summed E-state index contributed by atoms with van der Waals surface area (Å²) in [5.74, 6) is -1.69. The molecule has 0 unspecified atom stereocenters. The average Bonchev–Trinajstić information content (AvgIpc) is 2.28. The second kappa shape index (κ2) is 4.32. The van der Waals surface area contributed by atoms with E-state index in [4.69, 9.17) is 5.73 Å². The molecule has 1 aliphatic rings. The molecule has 2 heterocycles. The number of nitrogen functional groups attached to an aromatic ring is 1. The number of hydrogen-bond acceptors (Lipinski definition) is 6. The monoisotopic (exact) mass is 248 g/mol. The van der Waals surface area contributed by atoms with E-state index in [9.17, 15) is 13.2 Å². The quantitative estimate of drug-likeness (QED) is 0.721. The normalized spacial score (nSPS) is 17.2. The maximum atomic E-state index is 12.5. The summed E-state index contributed by atoms with van der Waals surface area (Å²) in [7, 11) is 0. The Hall–Kier alpha value is -1.64. The van der Waals surface area contributed by atoms with E-state index in [1.807, 2.05) is 0 Å². The fourth-order valence-corrected chi connectivity index (χ4v) is 1.51. The van der Waals surface area contributed by atoms with Gasteiger partial charge < -0.3 is 16.0 Å². The summed E-state index contributed by atoms with van der Waals surface area (Å²) in [5.41, 5.74) is 5.26. The first-order valence-corrected chi connectivity index (χ1v) is 5.01. The van der Waals surface area contributed by atoms with Crippen molar-refractivity contribution in [3.05, 3.63) is 5.82 Å². The molecule has 0 atom stereocenters. The molecular weight excluding hydrogens is 237 g/mol. The Labute approximate surface area is 95.1 Å². The van der Waals surface area contributed by atoms with E-state index in [1.165, 1.54) is 0 Å². The van der Waals surface area contributed by atoms with Gasteiger partial charge in [0, 0.05) is 26.2 Å². The summed E-state index contributed by atoms with van der Waals surface area (Å²) in [6.45, 7) is 2.43. The van der Waals surface area contributed by atoms with Crippen LogP contribution in [0.4, 0.5) is 25.1 Å². The van der Waals surface area contributed by atoms with Crippen LogP contribution in [0.2, 0.25) is 0 Å². The fourth-order valence-electron chi connectivity index (χ4n) is 1.51. The molecule has 0 radical (unpaired) electrons. The van der Waals surface area contributed by atoms with Crippen molar-refractivity contribution >= 4 is 11.9 Å². The lowest BCUT2D eigenvalue weighted by Gasteiger charge is -2.27. The maximum Gasteiger partial charge on any atom is 0.451 e. The van der Waals surface area contributed by atoms with Crippen LogP contribution in [0.25, 0.3) is 0 Å². The third kappa shape index (κ3) is 2.73. The number of rotatable bonds is 1. The van der Waals surface area contributed by atoms with Gasteiger partial charge in [-0.3, -0.25) is 0 Å². The largest absolute Gasteiger partial charge is 0.451 e. The first kappa shape index (κ1) is 11.8. The van der Waals surface area contributed by atoms with Gasteiger partial charge in [0.05, 0.1) is 0 Å². The van der Waals surface area contributed by atoms with E-state index in [0.29, 0.717) is 26.2 Å². The predicted molar refractivity (Wildman–Crippen MR) is 54.3 cm³/mol. The van der Waals surface area contributed by atoms with Gasteiger partial charge in [-0.2, -0.15) is 28.1 Å². The first-order chi connectivity index (χ1) is 7.97. The van der Waals surface area contributed by atoms with Crippen molar-refractivity contribution in [1.29, 1.82) is 0 Å². The summed E-state index contributed by atoms with van der Waals surface area (Å²) in [6, 6.07) is 0. The minimum absolute atomic E-state index is 0.0219. The van der Waals surface area contributed by atoms with Gasteiger partial charge in [0.1, 0.15) is 0 Å². The Bertz CT molecular complexity index is 401. The van der Waals surface area contributed by atoms with Crippen LogP contribution in [0.1, 0.15) is 5.82 Å². The van der Waals surface area contributed by atoms with E-state index in [0.717, 1.165) is 0 Å². The highest BCUT2D eigenvalue weighted by Crippen LogP contribution is 2.27. The highest BCUT2D eigenvalue weighted by molar-refractivity contribution is 5.35. The van der Waals surface area contributed by atoms with Gasteiger partial charge >= 0.3 is 6.18 Å². The Kier molecular flexibility index (Phi) is 3.01. The molecule has 9 heteroatoms. The zero-order valence-electron chi connectivity index (χ0n) is 8.83. The van der Waals surface area contributed by atoms with Crippen LogP contribution in [0.5, 0.6) is 0 Å². The van der Waals surface area contributed by atoms with Crippen LogP contribution in [0.15, 0.2) is 0 Å². The Morgan fingerprint density at radius 1 is 1.12 bits per heavy atom. The van der Waals surface area contributed by atoms with Crippen LogP contribution < -0.4 is 16.0 Å². The molecule has 0 amide bonds. The van der Waals surface area contributed by atoms with Crippen molar-refractivity contribution in [2.24, 2.45) is 0 Å². The van der Waals surface area contributed by atoms with E-state index in [2.05, 4.69) is 20.3 Å². The molecule has 0 spiro atoms. The van der Waals surface area contributed by atoms with Crippen molar-refractivity contribution in [3.8, 4) is 0 Å². The number of aromatic nitrogens is 3. The molecular formula is C8H11F3N6. The van der Waals surface area contributed by atoms with E-state index in [1.54, 1.807) is 4.90 Å². The van der Waals surface area contributed by atoms with Gasteiger partial charge in [-0.1, -0.05) is 0 Å². The number of hydrogen-bond donors (Lipinski definition) is 2. The van der Waals surface area contributed by atoms with Crippen molar-refractivity contribution in [2.75, 3.05) is 36.8 Å². The predicted octanol–water partition coefficient (Wildman–Crippen LogP) is -0.118. The maximum absolute atomic E-state index is 12.5. The lowest BCUT2D eigenvalue weighted by Crippen LogP contribution is -2.44. The third-order valence-corrected chi connectivity index (χ3v) is 2.29. The molecule has 3 N–H and O–H groups in total. The van der Waals surface area contributed by atoms with Gasteiger partial charge in [0.15, 0.2) is 0 Å². The molecule has 0 aromatic carbocycles. The second-order valence-electron chi connectivity index (χ2n) is 3.55. The van der Waals surface area contributed by atoms with E-state index in [-0.39, 0.29) is 5.95 Å². The SMILES string of the molecule is Nc1nc(N2CCNCC2)nc(C(F)(F)F)n1. The van der Waals surface area contributed by atoms with Crippen LogP contribution in [-0.2, 0) is 6.18 Å². The van der Waals surface area contributed by atoms with Gasteiger partial charge in [-0.15, -0.1) is 0 Å². The number of piperazine rings is 1. The summed E-state index contributed by atoms with van der Waals surface area (Å²) >= 11 is 0. The lowest BCUT2D eigenvalue weighted by molar-refractivity contribution is -0.144. The zero-order valence-corrected chi connectivity index (χ0v) is 8.83. The number of nitrogens with two attached hydrogens (primary N) is 1. The van der Waals surface area contributed by atoms with Gasteiger partial charge in [-0.25, -0.2) is 0 Å². The van der Waals surface area contributed by atoms with Crippen molar-refractivity contribution < 1.29 is 13.2 Å². The highest BCUT2D eigenvalue weighted by atomic mass is 19.4. The van der Waals surface area contributed by atoms with Crippen LogP contribution in [0, 0.1) is 0 Å². The number of nitrogens with zero attached hydrogens (tertiary/aromatic N) is 4. The summed E-state index contributed by atoms with van der Waals surface area (Å²) in [4.78, 5) is 11.9. The number of nitrogens with one attached hydrogen (secondary N) is 1. The molecule has 0 saturated carbocycles.